The molecule has 0 fully saturated rings. The van der Waals surface area contributed by atoms with Gasteiger partial charge in [-0.05, 0) is 70.0 Å². The van der Waals surface area contributed by atoms with Crippen LogP contribution < -0.4 is 14.8 Å². The van der Waals surface area contributed by atoms with E-state index in [2.05, 4.69) is 10.0 Å². The molecule has 0 spiro atoms. The van der Waals surface area contributed by atoms with E-state index in [0.29, 0.717) is 11.4 Å². The third-order valence-corrected chi connectivity index (χ3v) is 5.54. The quantitative estimate of drug-likeness (QED) is 0.792. The predicted octanol–water partition coefficient (Wildman–Crippen LogP) is 3.40. The molecule has 0 aliphatic rings. The minimum Gasteiger partial charge on any atom is -0.483 e. The molecule has 2 rings (SSSR count). The van der Waals surface area contributed by atoms with Gasteiger partial charge in [0.1, 0.15) is 5.75 Å². The number of hydrogen-bond donors (Lipinski definition) is 2. The van der Waals surface area contributed by atoms with Crippen LogP contribution in [0.4, 0.5) is 5.69 Å². The maximum atomic E-state index is 12.4. The minimum atomic E-state index is -3.67. The molecule has 0 bridgehead atoms. The van der Waals surface area contributed by atoms with Gasteiger partial charge in [-0.2, -0.15) is 0 Å². The van der Waals surface area contributed by atoms with Gasteiger partial charge in [-0.3, -0.25) is 4.79 Å². The van der Waals surface area contributed by atoms with Crippen molar-refractivity contribution < 1.29 is 17.9 Å². The number of amides is 1. The predicted molar refractivity (Wildman–Crippen MR) is 107 cm³/mol. The highest BCUT2D eigenvalue weighted by molar-refractivity contribution is 7.89. The van der Waals surface area contributed by atoms with E-state index >= 15 is 0 Å². The number of ether oxygens (including phenoxy) is 1. The van der Waals surface area contributed by atoms with Crippen LogP contribution >= 0.6 is 0 Å². The number of rotatable bonds is 6. The van der Waals surface area contributed by atoms with Crippen LogP contribution in [0.2, 0.25) is 0 Å². The molecule has 0 aromatic heterocycles. The van der Waals surface area contributed by atoms with Gasteiger partial charge in [0.15, 0.2) is 6.61 Å². The molecule has 7 heteroatoms. The van der Waals surface area contributed by atoms with Gasteiger partial charge in [0.05, 0.1) is 4.90 Å². The lowest BCUT2D eigenvalue weighted by Crippen LogP contribution is -2.40. The molecule has 1 amide bonds. The molecule has 2 aromatic carbocycles. The van der Waals surface area contributed by atoms with E-state index in [4.69, 9.17) is 4.74 Å². The van der Waals surface area contributed by atoms with E-state index in [1.807, 2.05) is 26.0 Å². The van der Waals surface area contributed by atoms with E-state index in [1.54, 1.807) is 39.0 Å². The molecular weight excluding hydrogens is 364 g/mol. The second kappa shape index (κ2) is 8.10. The fraction of sp³-hybridized carbons (Fsp3) is 0.350. The second-order valence-electron chi connectivity index (χ2n) is 7.42. The van der Waals surface area contributed by atoms with Gasteiger partial charge in [-0.1, -0.05) is 18.2 Å². The highest BCUT2D eigenvalue weighted by atomic mass is 32.2. The first-order valence-corrected chi connectivity index (χ1v) is 10.1. The van der Waals surface area contributed by atoms with Crippen LogP contribution in [0.5, 0.6) is 5.75 Å². The third kappa shape index (κ3) is 6.08. The number of hydrogen-bond acceptors (Lipinski definition) is 4. The lowest BCUT2D eigenvalue weighted by Gasteiger charge is -2.20. The van der Waals surface area contributed by atoms with Crippen molar-refractivity contribution in [3.05, 3.63) is 53.6 Å². The first-order chi connectivity index (χ1) is 12.5. The molecular formula is C20H26N2O4S. The maximum absolute atomic E-state index is 12.4. The molecule has 0 atom stereocenters. The van der Waals surface area contributed by atoms with Crippen LogP contribution in [0.1, 0.15) is 31.9 Å². The van der Waals surface area contributed by atoms with Gasteiger partial charge < -0.3 is 10.1 Å². The second-order valence-corrected chi connectivity index (χ2v) is 9.10. The van der Waals surface area contributed by atoms with E-state index < -0.39 is 15.6 Å². The van der Waals surface area contributed by atoms with E-state index in [0.717, 1.165) is 11.1 Å². The summed E-state index contributed by atoms with van der Waals surface area (Å²) >= 11 is 0. The van der Waals surface area contributed by atoms with Gasteiger partial charge in [-0.15, -0.1) is 0 Å². The Bertz CT molecular complexity index is 931. The molecule has 27 heavy (non-hydrogen) atoms. The highest BCUT2D eigenvalue weighted by Crippen LogP contribution is 2.21. The van der Waals surface area contributed by atoms with Crippen LogP contribution in [-0.2, 0) is 14.8 Å². The Labute approximate surface area is 161 Å². The van der Waals surface area contributed by atoms with Gasteiger partial charge in [0.2, 0.25) is 10.0 Å². The Morgan fingerprint density at radius 1 is 1.07 bits per heavy atom. The van der Waals surface area contributed by atoms with Crippen LogP contribution in [-0.4, -0.2) is 26.5 Å². The summed E-state index contributed by atoms with van der Waals surface area (Å²) in [5, 5.41) is 2.67. The Balaban J connectivity index is 2.05. The van der Waals surface area contributed by atoms with E-state index in [9.17, 15) is 13.2 Å². The summed E-state index contributed by atoms with van der Waals surface area (Å²) in [4.78, 5) is 12.3. The number of sulfonamides is 1. The van der Waals surface area contributed by atoms with E-state index in [1.165, 1.54) is 12.1 Å². The van der Waals surface area contributed by atoms with Crippen molar-refractivity contribution in [2.75, 3.05) is 11.9 Å². The topological polar surface area (TPSA) is 84.5 Å². The number of aryl methyl sites for hydroxylation is 1. The van der Waals surface area contributed by atoms with Gasteiger partial charge in [-0.25, -0.2) is 13.1 Å². The summed E-state index contributed by atoms with van der Waals surface area (Å²) in [7, 11) is -3.67. The van der Waals surface area contributed by atoms with Gasteiger partial charge in [0, 0.05) is 11.2 Å². The highest BCUT2D eigenvalue weighted by Gasteiger charge is 2.22. The fourth-order valence-electron chi connectivity index (χ4n) is 2.42. The number of carbonyl (C=O) groups excluding carboxylic acids is 1. The van der Waals surface area contributed by atoms with Crippen molar-refractivity contribution >= 4 is 21.6 Å². The zero-order valence-electron chi connectivity index (χ0n) is 16.3. The van der Waals surface area contributed by atoms with Crippen LogP contribution in [0.25, 0.3) is 0 Å². The van der Waals surface area contributed by atoms with Gasteiger partial charge in [0.25, 0.3) is 5.91 Å². The lowest BCUT2D eigenvalue weighted by molar-refractivity contribution is -0.118. The molecule has 0 heterocycles. The number of anilines is 1. The molecule has 2 N–H and O–H groups in total. The Morgan fingerprint density at radius 2 is 1.74 bits per heavy atom. The SMILES string of the molecule is Cc1cccc(OCC(=O)Nc2cccc(S(=O)(=O)NC(C)(C)C)c2)c1C. The monoisotopic (exact) mass is 390 g/mol. The zero-order chi connectivity index (χ0) is 20.2. The smallest absolute Gasteiger partial charge is 0.262 e. The van der Waals surface area contributed by atoms with E-state index in [-0.39, 0.29) is 17.4 Å². The molecule has 2 aromatic rings. The van der Waals surface area contributed by atoms with Crippen LogP contribution in [0, 0.1) is 13.8 Å². The maximum Gasteiger partial charge on any atom is 0.262 e. The molecule has 146 valence electrons. The average molecular weight is 391 g/mol. The molecule has 0 aliphatic carbocycles. The van der Waals surface area contributed by atoms with Crippen LogP contribution in [0.15, 0.2) is 47.4 Å². The average Bonchev–Trinajstić information content (AvgIpc) is 2.54. The van der Waals surface area contributed by atoms with Crippen molar-refractivity contribution in [1.82, 2.24) is 4.72 Å². The lowest BCUT2D eigenvalue weighted by atomic mass is 10.1. The molecule has 0 saturated carbocycles. The number of nitrogens with one attached hydrogen (secondary N) is 2. The first kappa shape index (κ1) is 20.9. The number of benzene rings is 2. The summed E-state index contributed by atoms with van der Waals surface area (Å²) in [6.07, 6.45) is 0. The summed E-state index contributed by atoms with van der Waals surface area (Å²) < 4.78 is 33.0. The molecule has 0 radical (unpaired) electrons. The fourth-order valence-corrected chi connectivity index (χ4v) is 3.89. The Morgan fingerprint density at radius 3 is 2.41 bits per heavy atom. The molecule has 0 saturated heterocycles. The summed E-state index contributed by atoms with van der Waals surface area (Å²) in [5.74, 6) is 0.282. The minimum absolute atomic E-state index is 0.0886. The summed E-state index contributed by atoms with van der Waals surface area (Å²) in [5.41, 5.74) is 1.85. The summed E-state index contributed by atoms with van der Waals surface area (Å²) in [6, 6.07) is 11.8. The van der Waals surface area contributed by atoms with Crippen molar-refractivity contribution in [2.45, 2.75) is 45.1 Å². The summed E-state index contributed by atoms with van der Waals surface area (Å²) in [6.45, 7) is 9.03. The molecule has 6 nitrogen and oxygen atoms in total. The first-order valence-electron chi connectivity index (χ1n) is 8.61. The van der Waals surface area contributed by atoms with Crippen LogP contribution in [0.3, 0.4) is 0 Å². The Kier molecular flexibility index (Phi) is 6.28. The Hall–Kier alpha value is -2.38. The molecule has 0 unspecified atom stereocenters. The zero-order valence-corrected chi connectivity index (χ0v) is 17.1. The van der Waals surface area contributed by atoms with Gasteiger partial charge >= 0.3 is 0 Å². The molecule has 0 aliphatic heterocycles. The standard InChI is InChI=1S/C20H26N2O4S/c1-14-8-6-11-18(15(14)2)26-13-19(23)21-16-9-7-10-17(12-16)27(24,25)22-20(3,4)5/h6-12,22H,13H2,1-5H3,(H,21,23). The largest absolute Gasteiger partial charge is 0.483 e. The van der Waals surface area contributed by atoms with Crippen molar-refractivity contribution in [3.63, 3.8) is 0 Å². The third-order valence-electron chi connectivity index (χ3n) is 3.78. The van der Waals surface area contributed by atoms with Crippen molar-refractivity contribution in [3.8, 4) is 5.75 Å². The van der Waals surface area contributed by atoms with Crippen molar-refractivity contribution in [2.24, 2.45) is 0 Å². The van der Waals surface area contributed by atoms with Crippen molar-refractivity contribution in [1.29, 1.82) is 0 Å². The normalized spacial score (nSPS) is 11.9. The number of carbonyl (C=O) groups is 1.